The summed E-state index contributed by atoms with van der Waals surface area (Å²) in [6.07, 6.45) is 0.803. The summed E-state index contributed by atoms with van der Waals surface area (Å²) < 4.78 is 17.0. The molecule has 7 nitrogen and oxygen atoms in total. The van der Waals surface area contributed by atoms with Crippen LogP contribution in [0, 0.1) is 6.92 Å². The lowest BCUT2D eigenvalue weighted by Gasteiger charge is -2.37. The maximum atomic E-state index is 13.7. The number of carbonyl (C=O) groups excluding carboxylic acids is 2. The smallest absolute Gasteiger partial charge is 0.254 e. The number of rotatable bonds is 7. The third-order valence-corrected chi connectivity index (χ3v) is 7.71. The number of amides is 2. The van der Waals surface area contributed by atoms with Gasteiger partial charge in [0.1, 0.15) is 18.9 Å². The Kier molecular flexibility index (Phi) is 6.87. The third-order valence-electron chi connectivity index (χ3n) is 6.71. The van der Waals surface area contributed by atoms with E-state index in [9.17, 15) is 9.59 Å². The van der Waals surface area contributed by atoms with Gasteiger partial charge in [0.2, 0.25) is 12.7 Å². The maximum Gasteiger partial charge on any atom is 0.254 e. The molecule has 5 rings (SSSR count). The predicted octanol–water partition coefficient (Wildman–Crippen LogP) is 4.84. The van der Waals surface area contributed by atoms with Gasteiger partial charge in [-0.3, -0.25) is 9.59 Å². The van der Waals surface area contributed by atoms with Crippen LogP contribution in [-0.4, -0.2) is 54.1 Å². The fraction of sp³-hybridized carbons (Fsp3) is 0.357. The van der Waals surface area contributed by atoms with Crippen LogP contribution in [0.25, 0.3) is 0 Å². The fourth-order valence-electron chi connectivity index (χ4n) is 4.68. The van der Waals surface area contributed by atoms with Crippen molar-refractivity contribution in [3.8, 4) is 17.2 Å². The standard InChI is InChI=1S/C28H30N2O5S/c1-18(2)30(28(32)20-8-9-24-25(14-20)35-17-34-24)15-27(31)29-12-10-26-21(11-13-36-26)22(29)16-33-23-7-5-4-6-19(23)3/h4-9,11,13-14,18,22H,10,12,15-17H2,1-3H3. The second-order valence-corrected chi connectivity index (χ2v) is 10.3. The molecule has 2 amide bonds. The van der Waals surface area contributed by atoms with Gasteiger partial charge in [0.25, 0.3) is 5.91 Å². The van der Waals surface area contributed by atoms with E-state index in [1.54, 1.807) is 34.4 Å². The van der Waals surface area contributed by atoms with Crippen LogP contribution in [-0.2, 0) is 11.2 Å². The molecule has 0 aliphatic carbocycles. The Labute approximate surface area is 215 Å². The van der Waals surface area contributed by atoms with Crippen molar-refractivity contribution >= 4 is 23.2 Å². The van der Waals surface area contributed by atoms with E-state index in [2.05, 4.69) is 11.4 Å². The second kappa shape index (κ2) is 10.2. The van der Waals surface area contributed by atoms with E-state index in [1.807, 2.05) is 49.9 Å². The summed E-state index contributed by atoms with van der Waals surface area (Å²) in [5, 5.41) is 2.07. The molecule has 188 valence electrons. The van der Waals surface area contributed by atoms with Gasteiger partial charge in [0, 0.05) is 23.0 Å². The van der Waals surface area contributed by atoms with Crippen molar-refractivity contribution in [3.63, 3.8) is 0 Å². The normalized spacial score (nSPS) is 16.1. The predicted molar refractivity (Wildman–Crippen MR) is 138 cm³/mol. The average Bonchev–Trinajstić information content (AvgIpc) is 3.55. The summed E-state index contributed by atoms with van der Waals surface area (Å²) in [6, 6.07) is 14.7. The molecule has 2 aliphatic heterocycles. The zero-order chi connectivity index (χ0) is 25.2. The van der Waals surface area contributed by atoms with E-state index in [4.69, 9.17) is 14.2 Å². The maximum absolute atomic E-state index is 13.7. The van der Waals surface area contributed by atoms with Gasteiger partial charge < -0.3 is 24.0 Å². The minimum atomic E-state index is -0.211. The Hall–Kier alpha value is -3.52. The Morgan fingerprint density at radius 1 is 1.14 bits per heavy atom. The van der Waals surface area contributed by atoms with Crippen LogP contribution in [0.15, 0.2) is 53.9 Å². The molecule has 8 heteroatoms. The number of para-hydroxylation sites is 1. The quantitative estimate of drug-likeness (QED) is 0.459. The molecule has 0 bridgehead atoms. The highest BCUT2D eigenvalue weighted by atomic mass is 32.1. The van der Waals surface area contributed by atoms with Crippen LogP contribution < -0.4 is 14.2 Å². The summed E-state index contributed by atoms with van der Waals surface area (Å²) in [7, 11) is 0. The number of carbonyl (C=O) groups is 2. The molecule has 0 saturated carbocycles. The number of ether oxygens (including phenoxy) is 3. The lowest BCUT2D eigenvalue weighted by atomic mass is 10.00. The molecular formula is C28H30N2O5S. The van der Waals surface area contributed by atoms with Crippen molar-refractivity contribution in [2.45, 2.75) is 39.3 Å². The Bertz CT molecular complexity index is 1270. The summed E-state index contributed by atoms with van der Waals surface area (Å²) >= 11 is 1.72. The van der Waals surface area contributed by atoms with Crippen LogP contribution >= 0.6 is 11.3 Å². The van der Waals surface area contributed by atoms with E-state index in [0.29, 0.717) is 30.2 Å². The van der Waals surface area contributed by atoms with E-state index >= 15 is 0 Å². The topological polar surface area (TPSA) is 68.3 Å². The number of hydrogen-bond donors (Lipinski definition) is 0. The molecule has 1 atom stereocenters. The molecule has 2 aromatic carbocycles. The molecule has 0 spiro atoms. The van der Waals surface area contributed by atoms with Crippen molar-refractivity contribution in [1.82, 2.24) is 9.80 Å². The van der Waals surface area contributed by atoms with Gasteiger partial charge >= 0.3 is 0 Å². The zero-order valence-electron chi connectivity index (χ0n) is 20.7. The van der Waals surface area contributed by atoms with Crippen LogP contribution in [0.3, 0.4) is 0 Å². The lowest BCUT2D eigenvalue weighted by Crippen LogP contribution is -2.49. The van der Waals surface area contributed by atoms with Crippen molar-refractivity contribution in [1.29, 1.82) is 0 Å². The molecule has 0 fully saturated rings. The van der Waals surface area contributed by atoms with Crippen LogP contribution in [0.4, 0.5) is 0 Å². The Morgan fingerprint density at radius 2 is 1.94 bits per heavy atom. The number of nitrogens with zero attached hydrogens (tertiary/aromatic N) is 2. The average molecular weight is 507 g/mol. The first kappa shape index (κ1) is 24.2. The SMILES string of the molecule is Cc1ccccc1OCC1c2ccsc2CCN1C(=O)CN(C(=O)c1ccc2c(c1)OCO2)C(C)C. The molecular weight excluding hydrogens is 476 g/mol. The highest BCUT2D eigenvalue weighted by Gasteiger charge is 2.34. The molecule has 0 saturated heterocycles. The molecule has 0 N–H and O–H groups in total. The molecule has 3 heterocycles. The largest absolute Gasteiger partial charge is 0.491 e. The van der Waals surface area contributed by atoms with Gasteiger partial charge in [-0.1, -0.05) is 18.2 Å². The highest BCUT2D eigenvalue weighted by molar-refractivity contribution is 7.10. The second-order valence-electron chi connectivity index (χ2n) is 9.32. The van der Waals surface area contributed by atoms with Gasteiger partial charge in [0.05, 0.1) is 6.04 Å². The third kappa shape index (κ3) is 4.78. The number of fused-ring (bicyclic) bond motifs is 2. The first-order valence-corrected chi connectivity index (χ1v) is 13.0. The van der Waals surface area contributed by atoms with Gasteiger partial charge in [0.15, 0.2) is 11.5 Å². The molecule has 1 unspecified atom stereocenters. The molecule has 3 aromatic rings. The molecule has 36 heavy (non-hydrogen) atoms. The van der Waals surface area contributed by atoms with E-state index in [1.165, 1.54) is 4.88 Å². The van der Waals surface area contributed by atoms with Crippen molar-refractivity contribution < 1.29 is 23.8 Å². The Balaban J connectivity index is 1.35. The van der Waals surface area contributed by atoms with Crippen LogP contribution in [0.5, 0.6) is 17.2 Å². The van der Waals surface area contributed by atoms with Crippen molar-refractivity contribution in [3.05, 3.63) is 75.5 Å². The number of thiophene rings is 1. The highest BCUT2D eigenvalue weighted by Crippen LogP contribution is 2.35. The Morgan fingerprint density at radius 3 is 2.75 bits per heavy atom. The molecule has 1 aromatic heterocycles. The van der Waals surface area contributed by atoms with E-state index < -0.39 is 0 Å². The van der Waals surface area contributed by atoms with Gasteiger partial charge in [-0.05, 0) is 74.0 Å². The number of benzene rings is 2. The zero-order valence-corrected chi connectivity index (χ0v) is 21.5. The summed E-state index contributed by atoms with van der Waals surface area (Å²) in [5.74, 6) is 1.68. The molecule has 2 aliphatic rings. The first-order chi connectivity index (χ1) is 17.4. The summed E-state index contributed by atoms with van der Waals surface area (Å²) in [6.45, 7) is 6.94. The summed E-state index contributed by atoms with van der Waals surface area (Å²) in [5.41, 5.74) is 2.65. The number of aryl methyl sites for hydroxylation is 1. The summed E-state index contributed by atoms with van der Waals surface area (Å²) in [4.78, 5) is 31.9. The first-order valence-electron chi connectivity index (χ1n) is 12.2. The number of hydrogen-bond acceptors (Lipinski definition) is 6. The van der Waals surface area contributed by atoms with Gasteiger partial charge in [-0.2, -0.15) is 0 Å². The van der Waals surface area contributed by atoms with E-state index in [-0.39, 0.29) is 37.2 Å². The van der Waals surface area contributed by atoms with Crippen molar-refractivity contribution in [2.75, 3.05) is 26.5 Å². The monoisotopic (exact) mass is 506 g/mol. The van der Waals surface area contributed by atoms with Crippen LogP contribution in [0.1, 0.15) is 46.3 Å². The molecule has 0 radical (unpaired) electrons. The van der Waals surface area contributed by atoms with Crippen molar-refractivity contribution in [2.24, 2.45) is 0 Å². The van der Waals surface area contributed by atoms with Crippen LogP contribution in [0.2, 0.25) is 0 Å². The lowest BCUT2D eigenvalue weighted by molar-refractivity contribution is -0.136. The fourth-order valence-corrected chi connectivity index (χ4v) is 5.61. The van der Waals surface area contributed by atoms with Gasteiger partial charge in [-0.25, -0.2) is 0 Å². The minimum absolute atomic E-state index is 0.00865. The van der Waals surface area contributed by atoms with Gasteiger partial charge in [-0.15, -0.1) is 11.3 Å². The van der Waals surface area contributed by atoms with E-state index in [0.717, 1.165) is 23.3 Å². The minimum Gasteiger partial charge on any atom is -0.491 e.